The van der Waals surface area contributed by atoms with E-state index in [0.29, 0.717) is 11.3 Å². The normalized spacial score (nSPS) is 11.3. The monoisotopic (exact) mass is 610 g/mol. The lowest BCUT2D eigenvalue weighted by Crippen LogP contribution is -1.99. The molecule has 0 spiro atoms. The van der Waals surface area contributed by atoms with Crippen molar-refractivity contribution in [2.45, 2.75) is 0 Å². The summed E-state index contributed by atoms with van der Waals surface area (Å²) in [6.45, 7) is 8.29. The third kappa shape index (κ3) is 4.01. The molecule has 0 saturated heterocycles. The fourth-order valence-corrected chi connectivity index (χ4v) is 7.36. The Balaban J connectivity index is 1.28. The molecule has 0 aliphatic carbocycles. The summed E-state index contributed by atoms with van der Waals surface area (Å²) in [5.74, 6) is 0. The van der Waals surface area contributed by atoms with Crippen LogP contribution in [0.15, 0.2) is 158 Å². The van der Waals surface area contributed by atoms with Crippen molar-refractivity contribution in [1.82, 2.24) is 9.13 Å². The molecule has 0 bridgehead atoms. The number of fused-ring (bicyclic) bond motifs is 6. The van der Waals surface area contributed by atoms with Crippen LogP contribution in [-0.2, 0) is 0 Å². The Morgan fingerprint density at radius 3 is 1.48 bits per heavy atom. The van der Waals surface area contributed by atoms with E-state index >= 15 is 0 Å². The number of nitrogens with zero attached hydrogens (tertiary/aromatic N) is 4. The Kier molecular flexibility index (Phi) is 6.22. The quantitative estimate of drug-likeness (QED) is 0.183. The smallest absolute Gasteiger partial charge is 0.212 e. The Morgan fingerprint density at radius 1 is 0.479 bits per heavy atom. The predicted octanol–water partition coefficient (Wildman–Crippen LogP) is 11.6. The number of hydrogen-bond donors (Lipinski definition) is 0. The second-order valence-corrected chi connectivity index (χ2v) is 11.9. The van der Waals surface area contributed by atoms with E-state index in [1.165, 1.54) is 21.5 Å². The van der Waals surface area contributed by atoms with Gasteiger partial charge in [-0.1, -0.05) is 115 Å². The highest BCUT2D eigenvalue weighted by molar-refractivity contribution is 6.11. The van der Waals surface area contributed by atoms with E-state index in [9.17, 15) is 5.26 Å². The number of benzene rings is 7. The summed E-state index contributed by atoms with van der Waals surface area (Å²) in [7, 11) is 0. The molecule has 0 aliphatic rings. The lowest BCUT2D eigenvalue weighted by atomic mass is 9.90. The minimum atomic E-state index is 0.356. The van der Waals surface area contributed by atoms with Gasteiger partial charge in [-0.25, -0.2) is 4.85 Å². The van der Waals surface area contributed by atoms with Gasteiger partial charge in [0.05, 0.1) is 46.0 Å². The van der Waals surface area contributed by atoms with Crippen LogP contribution in [0, 0.1) is 17.9 Å². The SMILES string of the molecule is [C-]#[N+]c1c(C#N)ccc(-c2ccc(-n3c4ccccc4c4ccccc43)cc2)c1-c1ccccc1-n1c2ccccc2c2ccccc21. The molecule has 9 aromatic rings. The minimum absolute atomic E-state index is 0.356. The Morgan fingerprint density at radius 2 is 0.958 bits per heavy atom. The first-order chi connectivity index (χ1) is 23.8. The van der Waals surface area contributed by atoms with Crippen LogP contribution in [-0.4, -0.2) is 9.13 Å². The molecular formula is C44H26N4. The summed E-state index contributed by atoms with van der Waals surface area (Å²) in [6, 6.07) is 56.7. The van der Waals surface area contributed by atoms with Gasteiger partial charge in [-0.05, 0) is 64.7 Å². The van der Waals surface area contributed by atoms with Crippen LogP contribution in [0.1, 0.15) is 5.56 Å². The lowest BCUT2D eigenvalue weighted by molar-refractivity contribution is 1.18. The standard InChI is InChI=1S/C44H26N4/c1-46-44-30(28-45)24-27-32(29-22-25-31(26-23-29)47-38-17-7-2-12-33(38)34-13-3-8-18-39(34)47)43(44)37-16-6-11-21-42(37)48-40-19-9-4-14-35(40)36-15-5-10-20-41(36)48/h2-27H. The third-order valence-corrected chi connectivity index (χ3v) is 9.42. The van der Waals surface area contributed by atoms with Gasteiger partial charge in [0.15, 0.2) is 0 Å². The van der Waals surface area contributed by atoms with Crippen LogP contribution in [0.4, 0.5) is 5.69 Å². The summed E-state index contributed by atoms with van der Waals surface area (Å²) < 4.78 is 4.58. The minimum Gasteiger partial charge on any atom is -0.309 e. The maximum Gasteiger partial charge on any atom is 0.212 e. The van der Waals surface area contributed by atoms with E-state index in [0.717, 1.165) is 55.7 Å². The van der Waals surface area contributed by atoms with E-state index in [2.05, 4.69) is 154 Å². The molecule has 0 atom stereocenters. The van der Waals surface area contributed by atoms with Crippen LogP contribution in [0.3, 0.4) is 0 Å². The highest BCUT2D eigenvalue weighted by Crippen LogP contribution is 2.45. The van der Waals surface area contributed by atoms with Gasteiger partial charge in [0.2, 0.25) is 5.69 Å². The van der Waals surface area contributed by atoms with E-state index in [-0.39, 0.29) is 0 Å². The maximum absolute atomic E-state index is 10.1. The second kappa shape index (κ2) is 10.9. The fraction of sp³-hybridized carbons (Fsp3) is 0. The molecule has 0 fully saturated rings. The van der Waals surface area contributed by atoms with E-state index < -0.39 is 0 Å². The number of aromatic nitrogens is 2. The molecular weight excluding hydrogens is 585 g/mol. The van der Waals surface area contributed by atoms with Crippen LogP contribution in [0.25, 0.3) is 82.1 Å². The summed E-state index contributed by atoms with van der Waals surface area (Å²) in [5.41, 5.74) is 10.7. The zero-order valence-corrected chi connectivity index (χ0v) is 25.8. The van der Waals surface area contributed by atoms with Gasteiger partial charge in [0.25, 0.3) is 0 Å². The molecule has 4 nitrogen and oxygen atoms in total. The van der Waals surface area contributed by atoms with Crippen molar-refractivity contribution < 1.29 is 0 Å². The molecule has 2 heterocycles. The zero-order chi connectivity index (χ0) is 32.2. The summed E-state index contributed by atoms with van der Waals surface area (Å²) in [6.07, 6.45) is 0. The first-order valence-electron chi connectivity index (χ1n) is 15.9. The van der Waals surface area contributed by atoms with E-state index in [4.69, 9.17) is 6.57 Å². The second-order valence-electron chi connectivity index (χ2n) is 11.9. The molecule has 0 amide bonds. The average molecular weight is 611 g/mol. The van der Waals surface area contributed by atoms with Crippen LogP contribution in [0.2, 0.25) is 0 Å². The predicted molar refractivity (Wildman–Crippen MR) is 197 cm³/mol. The van der Waals surface area contributed by atoms with Gasteiger partial charge in [-0.3, -0.25) is 0 Å². The molecule has 4 heteroatoms. The molecule has 0 N–H and O–H groups in total. The third-order valence-electron chi connectivity index (χ3n) is 9.42. The molecule has 222 valence electrons. The summed E-state index contributed by atoms with van der Waals surface area (Å²) >= 11 is 0. The molecule has 9 rings (SSSR count). The summed E-state index contributed by atoms with van der Waals surface area (Å²) in [4.78, 5) is 3.99. The number of rotatable bonds is 4. The molecule has 0 aliphatic heterocycles. The molecule has 0 radical (unpaired) electrons. The van der Waals surface area contributed by atoms with E-state index in [1.807, 2.05) is 18.2 Å². The number of para-hydroxylation sites is 5. The van der Waals surface area contributed by atoms with Gasteiger partial charge in [0.1, 0.15) is 0 Å². The van der Waals surface area contributed by atoms with Gasteiger partial charge < -0.3 is 9.13 Å². The molecule has 2 aromatic heterocycles. The summed E-state index contributed by atoms with van der Waals surface area (Å²) in [5, 5.41) is 14.9. The first-order valence-corrected chi connectivity index (χ1v) is 15.9. The fourth-order valence-electron chi connectivity index (χ4n) is 7.36. The van der Waals surface area contributed by atoms with Crippen molar-refractivity contribution in [3.05, 3.63) is 175 Å². The molecule has 0 saturated carbocycles. The largest absolute Gasteiger partial charge is 0.309 e. The van der Waals surface area contributed by atoms with Crippen molar-refractivity contribution >= 4 is 49.3 Å². The van der Waals surface area contributed by atoms with Gasteiger partial charge in [-0.2, -0.15) is 5.26 Å². The number of nitriles is 1. The number of hydrogen-bond acceptors (Lipinski definition) is 1. The first kappa shape index (κ1) is 27.4. The van der Waals surface area contributed by atoms with Crippen LogP contribution >= 0.6 is 0 Å². The molecule has 7 aromatic carbocycles. The van der Waals surface area contributed by atoms with E-state index in [1.54, 1.807) is 6.07 Å². The van der Waals surface area contributed by atoms with Crippen molar-refractivity contribution in [2.24, 2.45) is 0 Å². The Labute approximate surface area is 277 Å². The topological polar surface area (TPSA) is 38.0 Å². The van der Waals surface area contributed by atoms with Gasteiger partial charge >= 0.3 is 0 Å². The molecule has 0 unspecified atom stereocenters. The van der Waals surface area contributed by atoms with Crippen LogP contribution in [0.5, 0.6) is 0 Å². The average Bonchev–Trinajstić information content (AvgIpc) is 3.67. The maximum atomic E-state index is 10.1. The Hall–Kier alpha value is -6.88. The lowest BCUT2D eigenvalue weighted by Gasteiger charge is -2.19. The van der Waals surface area contributed by atoms with Gasteiger partial charge in [0, 0.05) is 27.2 Å². The highest BCUT2D eigenvalue weighted by Gasteiger charge is 2.22. The van der Waals surface area contributed by atoms with Gasteiger partial charge in [-0.15, -0.1) is 0 Å². The van der Waals surface area contributed by atoms with Crippen molar-refractivity contribution in [3.8, 4) is 39.7 Å². The van der Waals surface area contributed by atoms with Crippen molar-refractivity contribution in [2.75, 3.05) is 0 Å². The highest BCUT2D eigenvalue weighted by atomic mass is 15.0. The van der Waals surface area contributed by atoms with Crippen molar-refractivity contribution in [1.29, 1.82) is 5.26 Å². The zero-order valence-electron chi connectivity index (χ0n) is 25.8. The van der Waals surface area contributed by atoms with Crippen molar-refractivity contribution in [3.63, 3.8) is 0 Å². The Bertz CT molecular complexity index is 2690. The molecule has 48 heavy (non-hydrogen) atoms. The van der Waals surface area contributed by atoms with Crippen LogP contribution < -0.4 is 0 Å².